The summed E-state index contributed by atoms with van der Waals surface area (Å²) in [6.07, 6.45) is 4.18. The lowest BCUT2D eigenvalue weighted by molar-refractivity contribution is -0.172. The van der Waals surface area contributed by atoms with E-state index in [0.717, 1.165) is 19.3 Å². The molecular weight excluding hydrogens is 382 g/mol. The Balaban J connectivity index is 1.64. The highest BCUT2D eigenvalue weighted by atomic mass is 32.2. The summed E-state index contributed by atoms with van der Waals surface area (Å²) in [5.41, 5.74) is 5.50. The van der Waals surface area contributed by atoms with Gasteiger partial charge < -0.3 is 15.6 Å². The first-order chi connectivity index (χ1) is 13.4. The van der Waals surface area contributed by atoms with Crippen molar-refractivity contribution in [3.8, 4) is 0 Å². The molecule has 1 aromatic carbocycles. The highest BCUT2D eigenvalue weighted by molar-refractivity contribution is 7.89. The monoisotopic (exact) mass is 407 g/mol. The SMILES string of the molecule is NC1CCN(S(=O)(=O)c2cccc3c(=O)n(COC(O)C4CCC4)ccc23)C1. The van der Waals surface area contributed by atoms with Gasteiger partial charge in [-0.3, -0.25) is 9.36 Å². The van der Waals surface area contributed by atoms with Crippen LogP contribution in [0.4, 0.5) is 0 Å². The summed E-state index contributed by atoms with van der Waals surface area (Å²) in [6.45, 7) is 0.580. The Labute approximate surface area is 163 Å². The fraction of sp³-hybridized carbons (Fsp3) is 0.526. The van der Waals surface area contributed by atoms with Crippen molar-refractivity contribution in [2.24, 2.45) is 11.7 Å². The number of pyridine rings is 1. The molecule has 4 rings (SSSR count). The normalized spacial score (nSPS) is 22.4. The highest BCUT2D eigenvalue weighted by Crippen LogP contribution is 2.30. The van der Waals surface area contributed by atoms with Gasteiger partial charge in [0.15, 0.2) is 6.29 Å². The molecule has 152 valence electrons. The molecule has 28 heavy (non-hydrogen) atoms. The number of aromatic nitrogens is 1. The molecular formula is C19H25N3O5S. The Morgan fingerprint density at radius 3 is 2.64 bits per heavy atom. The second-order valence-corrected chi connectivity index (χ2v) is 9.50. The molecule has 1 aromatic heterocycles. The van der Waals surface area contributed by atoms with E-state index in [1.807, 2.05) is 0 Å². The molecule has 2 fully saturated rings. The molecule has 1 saturated heterocycles. The van der Waals surface area contributed by atoms with Crippen LogP contribution in [0.1, 0.15) is 25.7 Å². The van der Waals surface area contributed by atoms with Gasteiger partial charge in [-0.05, 0) is 37.5 Å². The van der Waals surface area contributed by atoms with Gasteiger partial charge in [0.25, 0.3) is 5.56 Å². The molecule has 1 aliphatic heterocycles. The van der Waals surface area contributed by atoms with E-state index in [1.54, 1.807) is 18.2 Å². The van der Waals surface area contributed by atoms with Crippen LogP contribution >= 0.6 is 0 Å². The molecule has 2 unspecified atom stereocenters. The van der Waals surface area contributed by atoms with Crippen LogP contribution in [0.5, 0.6) is 0 Å². The number of benzene rings is 1. The van der Waals surface area contributed by atoms with Gasteiger partial charge >= 0.3 is 0 Å². The lowest BCUT2D eigenvalue weighted by Crippen LogP contribution is -2.33. The predicted octanol–water partition coefficient (Wildman–Crippen LogP) is 0.816. The van der Waals surface area contributed by atoms with Gasteiger partial charge in [0.1, 0.15) is 6.73 Å². The number of rotatable bonds is 6. The van der Waals surface area contributed by atoms with Gasteiger partial charge in [-0.25, -0.2) is 8.42 Å². The van der Waals surface area contributed by atoms with E-state index in [-0.39, 0.29) is 35.7 Å². The number of nitrogens with zero attached hydrogens (tertiary/aromatic N) is 2. The molecule has 2 atom stereocenters. The van der Waals surface area contributed by atoms with Gasteiger partial charge in [-0.2, -0.15) is 4.31 Å². The molecule has 0 amide bonds. The van der Waals surface area contributed by atoms with Crippen molar-refractivity contribution >= 4 is 20.8 Å². The summed E-state index contributed by atoms with van der Waals surface area (Å²) in [5, 5.41) is 10.7. The Morgan fingerprint density at radius 2 is 2.00 bits per heavy atom. The van der Waals surface area contributed by atoms with Crippen LogP contribution in [0.25, 0.3) is 10.8 Å². The van der Waals surface area contributed by atoms with E-state index in [2.05, 4.69) is 0 Å². The van der Waals surface area contributed by atoms with E-state index >= 15 is 0 Å². The minimum atomic E-state index is -3.73. The molecule has 1 aliphatic carbocycles. The molecule has 9 heteroatoms. The Hall–Kier alpha value is -1.78. The molecule has 8 nitrogen and oxygen atoms in total. The van der Waals surface area contributed by atoms with Crippen LogP contribution in [0, 0.1) is 5.92 Å². The number of nitrogens with two attached hydrogens (primary N) is 1. The van der Waals surface area contributed by atoms with Gasteiger partial charge in [0.05, 0.1) is 4.90 Å². The van der Waals surface area contributed by atoms with E-state index in [9.17, 15) is 18.3 Å². The largest absolute Gasteiger partial charge is 0.368 e. The van der Waals surface area contributed by atoms with Gasteiger partial charge in [0.2, 0.25) is 10.0 Å². The van der Waals surface area contributed by atoms with Crippen LogP contribution in [-0.2, 0) is 21.5 Å². The molecule has 2 aliphatic rings. The average Bonchev–Trinajstić information content (AvgIpc) is 3.06. The Morgan fingerprint density at radius 1 is 1.21 bits per heavy atom. The fourth-order valence-electron chi connectivity index (χ4n) is 3.75. The van der Waals surface area contributed by atoms with Crippen molar-refractivity contribution in [2.75, 3.05) is 13.1 Å². The van der Waals surface area contributed by atoms with E-state index in [1.165, 1.54) is 21.1 Å². The molecule has 3 N–H and O–H groups in total. The molecule has 2 heterocycles. The van der Waals surface area contributed by atoms with Crippen LogP contribution in [0.3, 0.4) is 0 Å². The van der Waals surface area contributed by atoms with Crippen LogP contribution in [-0.4, -0.2) is 47.8 Å². The maximum Gasteiger partial charge on any atom is 0.260 e. The summed E-state index contributed by atoms with van der Waals surface area (Å²) < 4.78 is 34.2. The summed E-state index contributed by atoms with van der Waals surface area (Å²) in [6, 6.07) is 6.13. The number of sulfonamides is 1. The van der Waals surface area contributed by atoms with Crippen LogP contribution in [0.15, 0.2) is 40.2 Å². The van der Waals surface area contributed by atoms with E-state index in [4.69, 9.17) is 10.5 Å². The zero-order valence-electron chi connectivity index (χ0n) is 15.5. The molecule has 1 saturated carbocycles. The highest BCUT2D eigenvalue weighted by Gasteiger charge is 2.32. The number of aliphatic hydroxyl groups excluding tert-OH is 1. The average molecular weight is 407 g/mol. The Kier molecular flexibility index (Phi) is 5.28. The molecule has 2 aromatic rings. The first kappa shape index (κ1) is 19.5. The number of aliphatic hydroxyl groups is 1. The number of hydrogen-bond acceptors (Lipinski definition) is 6. The molecule has 0 radical (unpaired) electrons. The first-order valence-corrected chi connectivity index (χ1v) is 11.0. The number of ether oxygens (including phenoxy) is 1. The number of hydrogen-bond donors (Lipinski definition) is 2. The van der Waals surface area contributed by atoms with Gasteiger partial charge in [-0.1, -0.05) is 12.5 Å². The van der Waals surface area contributed by atoms with Crippen molar-refractivity contribution in [3.05, 3.63) is 40.8 Å². The van der Waals surface area contributed by atoms with Gasteiger partial charge in [-0.15, -0.1) is 0 Å². The molecule has 0 bridgehead atoms. The van der Waals surface area contributed by atoms with Crippen LogP contribution < -0.4 is 11.3 Å². The second kappa shape index (κ2) is 7.57. The topological polar surface area (TPSA) is 115 Å². The predicted molar refractivity (Wildman–Crippen MR) is 104 cm³/mol. The zero-order valence-corrected chi connectivity index (χ0v) is 16.3. The lowest BCUT2D eigenvalue weighted by Gasteiger charge is -2.30. The van der Waals surface area contributed by atoms with Gasteiger partial charge in [0, 0.05) is 42.0 Å². The number of fused-ring (bicyclic) bond motifs is 1. The summed E-state index contributed by atoms with van der Waals surface area (Å²) in [4.78, 5) is 12.9. The minimum absolute atomic E-state index is 0.0790. The summed E-state index contributed by atoms with van der Waals surface area (Å²) in [7, 11) is -3.73. The standard InChI is InChI=1S/C19H25N3O5S/c20-14-7-10-22(11-14)28(25,26)17-6-2-5-16-15(17)8-9-21(18(16)23)12-27-19(24)13-3-1-4-13/h2,5-6,8-9,13-14,19,24H,1,3-4,7,10-12,20H2. The quantitative estimate of drug-likeness (QED) is 0.685. The fourth-order valence-corrected chi connectivity index (χ4v) is 5.46. The van der Waals surface area contributed by atoms with Crippen molar-refractivity contribution in [3.63, 3.8) is 0 Å². The Bertz CT molecular complexity index is 1030. The van der Waals surface area contributed by atoms with Crippen molar-refractivity contribution in [2.45, 2.75) is 49.6 Å². The maximum absolute atomic E-state index is 13.0. The maximum atomic E-state index is 13.0. The third-order valence-electron chi connectivity index (χ3n) is 5.72. The van der Waals surface area contributed by atoms with Crippen molar-refractivity contribution < 1.29 is 18.3 Å². The third kappa shape index (κ3) is 3.48. The smallest absolute Gasteiger partial charge is 0.260 e. The zero-order chi connectivity index (χ0) is 19.9. The van der Waals surface area contributed by atoms with Crippen molar-refractivity contribution in [1.82, 2.24) is 8.87 Å². The van der Waals surface area contributed by atoms with Crippen molar-refractivity contribution in [1.29, 1.82) is 0 Å². The third-order valence-corrected chi connectivity index (χ3v) is 7.64. The summed E-state index contributed by atoms with van der Waals surface area (Å²) in [5.74, 6) is 0.125. The first-order valence-electron chi connectivity index (χ1n) is 9.55. The molecule has 0 spiro atoms. The summed E-state index contributed by atoms with van der Waals surface area (Å²) >= 11 is 0. The minimum Gasteiger partial charge on any atom is -0.368 e. The van der Waals surface area contributed by atoms with E-state index < -0.39 is 16.3 Å². The lowest BCUT2D eigenvalue weighted by atomic mass is 9.85. The van der Waals surface area contributed by atoms with E-state index in [0.29, 0.717) is 23.7 Å². The second-order valence-electron chi connectivity index (χ2n) is 7.60. The van der Waals surface area contributed by atoms with Crippen LogP contribution in [0.2, 0.25) is 0 Å².